The number of methoxy groups -OCH3 is 1. The third-order valence-electron chi connectivity index (χ3n) is 3.24. The van der Waals surface area contributed by atoms with Crippen LogP contribution in [0.25, 0.3) is 0 Å². The topological polar surface area (TPSA) is 76.1 Å². The minimum absolute atomic E-state index is 0.0759. The molecule has 1 amide bonds. The van der Waals surface area contributed by atoms with Crippen molar-refractivity contribution in [1.29, 1.82) is 0 Å². The predicted octanol–water partition coefficient (Wildman–Crippen LogP) is 2.09. The molecule has 0 aliphatic rings. The molecule has 0 aliphatic heterocycles. The lowest BCUT2D eigenvalue weighted by Crippen LogP contribution is -2.41. The molecule has 1 aromatic carbocycles. The summed E-state index contributed by atoms with van der Waals surface area (Å²) in [5.41, 5.74) is 0.916. The number of ether oxygens (including phenoxy) is 2. The Hall–Kier alpha value is -2.24. The Balaban J connectivity index is 2.62. The highest BCUT2D eigenvalue weighted by Crippen LogP contribution is 2.22. The fraction of sp³-hybridized carbons (Fsp3) is 0.500. The van der Waals surface area contributed by atoms with E-state index in [1.807, 2.05) is 20.8 Å². The Morgan fingerprint density at radius 3 is 2.50 bits per heavy atom. The molecule has 0 atom stereocenters. The normalized spacial score (nSPS) is 10.4. The van der Waals surface area contributed by atoms with Crippen LogP contribution < -0.4 is 9.47 Å². The second-order valence-electron chi connectivity index (χ2n) is 5.24. The average molecular weight is 309 g/mol. The predicted molar refractivity (Wildman–Crippen MR) is 82.3 cm³/mol. The summed E-state index contributed by atoms with van der Waals surface area (Å²) in [5, 5.41) is 8.73. The number of nitrogens with zero attached hydrogens (tertiary/aromatic N) is 1. The van der Waals surface area contributed by atoms with Crippen molar-refractivity contribution in [3.05, 3.63) is 23.8 Å². The van der Waals surface area contributed by atoms with Crippen molar-refractivity contribution in [2.24, 2.45) is 0 Å². The third kappa shape index (κ3) is 5.27. The Morgan fingerprint density at radius 1 is 1.32 bits per heavy atom. The Kier molecular flexibility index (Phi) is 6.69. The van der Waals surface area contributed by atoms with Gasteiger partial charge in [0.15, 0.2) is 6.61 Å². The molecule has 0 heterocycles. The van der Waals surface area contributed by atoms with Crippen molar-refractivity contribution in [2.75, 3.05) is 20.3 Å². The van der Waals surface area contributed by atoms with Crippen LogP contribution in [0.5, 0.6) is 11.5 Å². The second kappa shape index (κ2) is 8.26. The first-order chi connectivity index (χ1) is 10.3. The highest BCUT2D eigenvalue weighted by Gasteiger charge is 2.18. The number of amides is 1. The van der Waals surface area contributed by atoms with Gasteiger partial charge in [-0.15, -0.1) is 0 Å². The zero-order valence-corrected chi connectivity index (χ0v) is 13.5. The van der Waals surface area contributed by atoms with E-state index in [4.69, 9.17) is 14.6 Å². The molecule has 1 N–H and O–H groups in total. The van der Waals surface area contributed by atoms with Crippen molar-refractivity contribution >= 4 is 11.9 Å². The van der Waals surface area contributed by atoms with Crippen LogP contribution in [0.3, 0.4) is 0 Å². The molecule has 0 saturated carbocycles. The minimum atomic E-state index is -0.926. The molecule has 22 heavy (non-hydrogen) atoms. The Labute approximate surface area is 130 Å². The molecule has 0 radical (unpaired) electrons. The largest absolute Gasteiger partial charge is 0.496 e. The quantitative estimate of drug-likeness (QED) is 0.796. The van der Waals surface area contributed by atoms with Crippen molar-refractivity contribution in [1.82, 2.24) is 4.90 Å². The van der Waals surface area contributed by atoms with Gasteiger partial charge in [0, 0.05) is 12.6 Å². The van der Waals surface area contributed by atoms with Crippen LogP contribution in [0.1, 0.15) is 25.8 Å². The van der Waals surface area contributed by atoms with Gasteiger partial charge in [-0.25, -0.2) is 0 Å². The van der Waals surface area contributed by atoms with Gasteiger partial charge < -0.3 is 19.5 Å². The van der Waals surface area contributed by atoms with Crippen LogP contribution in [0.4, 0.5) is 0 Å². The summed E-state index contributed by atoms with van der Waals surface area (Å²) in [5.74, 6) is 0.174. The molecular formula is C16H23NO5. The molecule has 1 aromatic rings. The van der Waals surface area contributed by atoms with Crippen molar-refractivity contribution < 1.29 is 24.2 Å². The van der Waals surface area contributed by atoms with Crippen molar-refractivity contribution in [2.45, 2.75) is 33.2 Å². The fourth-order valence-electron chi connectivity index (χ4n) is 2.06. The van der Waals surface area contributed by atoms with Crippen LogP contribution in [-0.2, 0) is 9.59 Å². The number of carbonyl (C=O) groups excluding carboxylic acids is 1. The van der Waals surface area contributed by atoms with Gasteiger partial charge in [0.25, 0.3) is 5.91 Å². The zero-order valence-electron chi connectivity index (χ0n) is 13.5. The summed E-state index contributed by atoms with van der Waals surface area (Å²) < 4.78 is 10.7. The molecule has 0 spiro atoms. The summed E-state index contributed by atoms with van der Waals surface area (Å²) in [6, 6.07) is 5.23. The Bertz CT molecular complexity index is 527. The highest BCUT2D eigenvalue weighted by molar-refractivity contribution is 5.78. The van der Waals surface area contributed by atoms with Crippen LogP contribution in [0.2, 0.25) is 0 Å². The molecule has 0 aliphatic carbocycles. The summed E-state index contributed by atoms with van der Waals surface area (Å²) in [7, 11) is 1.59. The highest BCUT2D eigenvalue weighted by atomic mass is 16.5. The summed E-state index contributed by atoms with van der Waals surface area (Å²) >= 11 is 0. The van der Waals surface area contributed by atoms with Crippen molar-refractivity contribution in [3.8, 4) is 11.5 Å². The maximum absolute atomic E-state index is 12.2. The van der Waals surface area contributed by atoms with Crippen LogP contribution in [-0.4, -0.2) is 48.2 Å². The SMILES string of the molecule is COc1ccc(OCC(=O)N(CCC(=O)O)C(C)C)cc1C. The van der Waals surface area contributed by atoms with Crippen LogP contribution >= 0.6 is 0 Å². The van der Waals surface area contributed by atoms with Gasteiger partial charge in [0.2, 0.25) is 0 Å². The first-order valence-corrected chi connectivity index (χ1v) is 7.13. The third-order valence-corrected chi connectivity index (χ3v) is 3.24. The number of benzene rings is 1. The van der Waals surface area contributed by atoms with Crippen molar-refractivity contribution in [3.63, 3.8) is 0 Å². The number of aryl methyl sites for hydroxylation is 1. The fourth-order valence-corrected chi connectivity index (χ4v) is 2.06. The number of carboxylic acid groups (broad SMARTS) is 1. The van der Waals surface area contributed by atoms with E-state index in [0.717, 1.165) is 11.3 Å². The monoisotopic (exact) mass is 309 g/mol. The van der Waals surface area contributed by atoms with E-state index in [-0.39, 0.29) is 31.5 Å². The molecule has 0 bridgehead atoms. The van der Waals surface area contributed by atoms with E-state index in [0.29, 0.717) is 5.75 Å². The standard InChI is InChI=1S/C16H23NO5/c1-11(2)17(8-7-16(19)20)15(18)10-22-13-5-6-14(21-4)12(3)9-13/h5-6,9,11H,7-8,10H2,1-4H3,(H,19,20). The molecule has 1 rings (SSSR count). The zero-order chi connectivity index (χ0) is 16.7. The smallest absolute Gasteiger partial charge is 0.305 e. The maximum atomic E-state index is 12.2. The van der Waals surface area contributed by atoms with Crippen LogP contribution in [0.15, 0.2) is 18.2 Å². The molecular weight excluding hydrogens is 286 g/mol. The number of carbonyl (C=O) groups is 2. The first kappa shape index (κ1) is 17.8. The van der Waals surface area contributed by atoms with Gasteiger partial charge in [-0.1, -0.05) is 0 Å². The van der Waals surface area contributed by atoms with Gasteiger partial charge in [-0.2, -0.15) is 0 Å². The van der Waals surface area contributed by atoms with Gasteiger partial charge >= 0.3 is 5.97 Å². The first-order valence-electron chi connectivity index (χ1n) is 7.13. The van der Waals surface area contributed by atoms with E-state index in [2.05, 4.69) is 0 Å². The summed E-state index contributed by atoms with van der Waals surface area (Å²) in [6.07, 6.45) is -0.0778. The minimum Gasteiger partial charge on any atom is -0.496 e. The molecule has 6 nitrogen and oxygen atoms in total. The van der Waals surface area contributed by atoms with Gasteiger partial charge in [0.05, 0.1) is 13.5 Å². The number of aliphatic carboxylic acids is 1. The average Bonchev–Trinajstić information content (AvgIpc) is 2.44. The lowest BCUT2D eigenvalue weighted by molar-refractivity contribution is -0.139. The van der Waals surface area contributed by atoms with Gasteiger partial charge in [0.1, 0.15) is 11.5 Å². The van der Waals surface area contributed by atoms with E-state index in [1.54, 1.807) is 25.3 Å². The summed E-state index contributed by atoms with van der Waals surface area (Å²) in [4.78, 5) is 24.3. The Morgan fingerprint density at radius 2 is 2.00 bits per heavy atom. The van der Waals surface area contributed by atoms with Gasteiger partial charge in [-0.3, -0.25) is 9.59 Å². The summed E-state index contributed by atoms with van der Waals surface area (Å²) in [6.45, 7) is 5.63. The molecule has 0 saturated heterocycles. The van der Waals surface area contributed by atoms with Crippen LogP contribution in [0, 0.1) is 6.92 Å². The molecule has 6 heteroatoms. The molecule has 0 aromatic heterocycles. The van der Waals surface area contributed by atoms with E-state index < -0.39 is 5.97 Å². The number of carboxylic acids is 1. The number of hydrogen-bond acceptors (Lipinski definition) is 4. The van der Waals surface area contributed by atoms with E-state index in [1.165, 1.54) is 4.90 Å². The van der Waals surface area contributed by atoms with E-state index in [9.17, 15) is 9.59 Å². The molecule has 122 valence electrons. The lowest BCUT2D eigenvalue weighted by Gasteiger charge is -2.26. The maximum Gasteiger partial charge on any atom is 0.305 e. The van der Waals surface area contributed by atoms with Gasteiger partial charge in [-0.05, 0) is 44.5 Å². The van der Waals surface area contributed by atoms with E-state index >= 15 is 0 Å². The molecule has 0 unspecified atom stereocenters. The lowest BCUT2D eigenvalue weighted by atomic mass is 10.2. The molecule has 0 fully saturated rings. The number of hydrogen-bond donors (Lipinski definition) is 1. The number of rotatable bonds is 8. The second-order valence-corrected chi connectivity index (χ2v) is 5.24.